The molecule has 18 heavy (non-hydrogen) atoms. The molecule has 2 heterocycles. The zero-order valence-corrected chi connectivity index (χ0v) is 10.6. The topological polar surface area (TPSA) is 38.1 Å². The highest BCUT2D eigenvalue weighted by Crippen LogP contribution is 2.47. The van der Waals surface area contributed by atoms with Crippen LogP contribution in [-0.2, 0) is 13.1 Å². The van der Waals surface area contributed by atoms with Crippen molar-refractivity contribution in [2.24, 2.45) is 5.92 Å². The highest BCUT2D eigenvalue weighted by atomic mass is 16.3. The van der Waals surface area contributed by atoms with E-state index in [-0.39, 0.29) is 0 Å². The number of aromatic nitrogens is 1. The van der Waals surface area contributed by atoms with Gasteiger partial charge in [0.15, 0.2) is 0 Å². The van der Waals surface area contributed by atoms with Gasteiger partial charge in [-0.25, -0.2) is 0 Å². The molecule has 0 saturated heterocycles. The number of nitrogens with zero attached hydrogens (tertiary/aromatic N) is 1. The smallest absolute Gasteiger partial charge is 0.117 e. The molecule has 1 aliphatic rings. The van der Waals surface area contributed by atoms with Crippen LogP contribution >= 0.6 is 0 Å². The summed E-state index contributed by atoms with van der Waals surface area (Å²) in [5.74, 6) is 3.64. The average Bonchev–Trinajstić information content (AvgIpc) is 2.94. The van der Waals surface area contributed by atoms with Gasteiger partial charge in [-0.1, -0.05) is 13.0 Å². The van der Waals surface area contributed by atoms with Gasteiger partial charge in [-0.2, -0.15) is 0 Å². The maximum absolute atomic E-state index is 5.84. The number of nitrogens with one attached hydrogen (secondary N) is 1. The fourth-order valence-corrected chi connectivity index (χ4v) is 2.24. The molecule has 94 valence electrons. The normalized spacial score (nSPS) is 22.1. The van der Waals surface area contributed by atoms with Crippen LogP contribution in [0.3, 0.4) is 0 Å². The summed E-state index contributed by atoms with van der Waals surface area (Å²) >= 11 is 0. The number of hydrogen-bond donors (Lipinski definition) is 1. The second-order valence-corrected chi connectivity index (χ2v) is 5.09. The third-order valence-corrected chi connectivity index (χ3v) is 3.51. The summed E-state index contributed by atoms with van der Waals surface area (Å²) in [6, 6.07) is 8.22. The lowest BCUT2D eigenvalue weighted by Crippen LogP contribution is -2.12. The van der Waals surface area contributed by atoms with Gasteiger partial charge >= 0.3 is 0 Å². The van der Waals surface area contributed by atoms with E-state index in [1.54, 1.807) is 6.20 Å². The van der Waals surface area contributed by atoms with Gasteiger partial charge in [-0.15, -0.1) is 0 Å². The summed E-state index contributed by atoms with van der Waals surface area (Å²) in [6.45, 7) is 3.87. The Morgan fingerprint density at radius 3 is 2.94 bits per heavy atom. The minimum atomic E-state index is 0.664. The first-order valence-corrected chi connectivity index (χ1v) is 6.51. The largest absolute Gasteiger partial charge is 0.464 e. The maximum atomic E-state index is 5.84. The summed E-state index contributed by atoms with van der Waals surface area (Å²) in [6.07, 6.45) is 4.95. The quantitative estimate of drug-likeness (QED) is 0.875. The van der Waals surface area contributed by atoms with Crippen molar-refractivity contribution in [3.05, 3.63) is 53.7 Å². The molecule has 2 aromatic heterocycles. The summed E-state index contributed by atoms with van der Waals surface area (Å²) in [4.78, 5) is 4.09. The van der Waals surface area contributed by atoms with E-state index in [9.17, 15) is 0 Å². The molecule has 3 rings (SSSR count). The van der Waals surface area contributed by atoms with Gasteiger partial charge < -0.3 is 9.73 Å². The zero-order chi connectivity index (χ0) is 12.4. The molecular weight excluding hydrogens is 224 g/mol. The fourth-order valence-electron chi connectivity index (χ4n) is 2.24. The minimum Gasteiger partial charge on any atom is -0.464 e. The van der Waals surface area contributed by atoms with E-state index in [1.807, 2.05) is 12.3 Å². The standard InChI is InChI=1S/C15H18N2O/c1-11-7-14(11)15-5-4-13(18-15)10-17-9-12-3-2-6-16-8-12/h2-6,8,11,14,17H,7,9-10H2,1H3/t11-,14+/m0/s1. The van der Waals surface area contributed by atoms with Crippen molar-refractivity contribution in [2.75, 3.05) is 0 Å². The highest BCUT2D eigenvalue weighted by molar-refractivity contribution is 5.17. The first-order valence-electron chi connectivity index (χ1n) is 6.51. The second-order valence-electron chi connectivity index (χ2n) is 5.09. The maximum Gasteiger partial charge on any atom is 0.117 e. The predicted octanol–water partition coefficient (Wildman–Crippen LogP) is 3.09. The van der Waals surface area contributed by atoms with E-state index in [4.69, 9.17) is 4.42 Å². The predicted molar refractivity (Wildman–Crippen MR) is 70.0 cm³/mol. The van der Waals surface area contributed by atoms with Gasteiger partial charge in [-0.05, 0) is 36.1 Å². The summed E-state index contributed by atoms with van der Waals surface area (Å²) in [5.41, 5.74) is 1.19. The molecule has 0 aromatic carbocycles. The first kappa shape index (κ1) is 11.5. The SMILES string of the molecule is C[C@H]1C[C@H]1c1ccc(CNCc2cccnc2)o1. The van der Waals surface area contributed by atoms with E-state index >= 15 is 0 Å². The highest BCUT2D eigenvalue weighted by Gasteiger charge is 2.36. The molecule has 0 bridgehead atoms. The summed E-state index contributed by atoms with van der Waals surface area (Å²) < 4.78 is 5.84. The van der Waals surface area contributed by atoms with Crippen LogP contribution in [0.15, 0.2) is 41.1 Å². The summed E-state index contributed by atoms with van der Waals surface area (Å²) in [5, 5.41) is 3.37. The van der Waals surface area contributed by atoms with E-state index in [0.717, 1.165) is 30.5 Å². The van der Waals surface area contributed by atoms with Gasteiger partial charge in [0.05, 0.1) is 6.54 Å². The number of rotatable bonds is 5. The van der Waals surface area contributed by atoms with Crippen LogP contribution in [0.1, 0.15) is 36.3 Å². The van der Waals surface area contributed by atoms with E-state index in [1.165, 1.54) is 12.0 Å². The number of pyridine rings is 1. The third-order valence-electron chi connectivity index (χ3n) is 3.51. The lowest BCUT2D eigenvalue weighted by Gasteiger charge is -2.02. The van der Waals surface area contributed by atoms with Crippen LogP contribution in [-0.4, -0.2) is 4.98 Å². The Bertz CT molecular complexity index is 506. The Morgan fingerprint density at radius 2 is 2.22 bits per heavy atom. The molecule has 1 fully saturated rings. The average molecular weight is 242 g/mol. The molecule has 3 heteroatoms. The van der Waals surface area contributed by atoms with Crippen LogP contribution in [0.5, 0.6) is 0 Å². The molecule has 1 aliphatic carbocycles. The monoisotopic (exact) mass is 242 g/mol. The van der Waals surface area contributed by atoms with Crippen molar-refractivity contribution in [3.63, 3.8) is 0 Å². The number of furan rings is 1. The fraction of sp³-hybridized carbons (Fsp3) is 0.400. The number of hydrogen-bond acceptors (Lipinski definition) is 3. The molecule has 2 aromatic rings. The third kappa shape index (κ3) is 2.62. The lowest BCUT2D eigenvalue weighted by molar-refractivity contribution is 0.444. The molecule has 1 N–H and O–H groups in total. The molecule has 3 nitrogen and oxygen atoms in total. The van der Waals surface area contributed by atoms with Gasteiger partial charge in [0.2, 0.25) is 0 Å². The zero-order valence-electron chi connectivity index (χ0n) is 10.6. The van der Waals surface area contributed by atoms with Gasteiger partial charge in [-0.3, -0.25) is 4.98 Å². The second kappa shape index (κ2) is 4.94. The van der Waals surface area contributed by atoms with Crippen LogP contribution < -0.4 is 5.32 Å². The van der Waals surface area contributed by atoms with Crippen molar-refractivity contribution in [2.45, 2.75) is 32.4 Å². The Labute approximate surface area is 107 Å². The van der Waals surface area contributed by atoms with Crippen LogP contribution in [0.2, 0.25) is 0 Å². The van der Waals surface area contributed by atoms with Crippen LogP contribution in [0, 0.1) is 5.92 Å². The molecule has 1 saturated carbocycles. The molecule has 0 spiro atoms. The Hall–Kier alpha value is -1.61. The Kier molecular flexibility index (Phi) is 3.15. The molecule has 0 aliphatic heterocycles. The van der Waals surface area contributed by atoms with Crippen LogP contribution in [0.4, 0.5) is 0 Å². The van der Waals surface area contributed by atoms with E-state index in [0.29, 0.717) is 5.92 Å². The van der Waals surface area contributed by atoms with Gasteiger partial charge in [0, 0.05) is 24.9 Å². The minimum absolute atomic E-state index is 0.664. The Morgan fingerprint density at radius 1 is 1.33 bits per heavy atom. The molecule has 2 atom stereocenters. The van der Waals surface area contributed by atoms with Gasteiger partial charge in [0.1, 0.15) is 11.5 Å². The van der Waals surface area contributed by atoms with E-state index in [2.05, 4.69) is 35.4 Å². The van der Waals surface area contributed by atoms with Crippen molar-refractivity contribution in [1.29, 1.82) is 0 Å². The van der Waals surface area contributed by atoms with Crippen LogP contribution in [0.25, 0.3) is 0 Å². The lowest BCUT2D eigenvalue weighted by atomic mass is 10.3. The molecular formula is C15H18N2O. The molecule has 0 unspecified atom stereocenters. The molecule has 0 radical (unpaired) electrons. The van der Waals surface area contributed by atoms with Crippen molar-refractivity contribution in [3.8, 4) is 0 Å². The van der Waals surface area contributed by atoms with Crippen molar-refractivity contribution in [1.82, 2.24) is 10.3 Å². The summed E-state index contributed by atoms with van der Waals surface area (Å²) in [7, 11) is 0. The first-order chi connectivity index (χ1) is 8.83. The van der Waals surface area contributed by atoms with Gasteiger partial charge in [0.25, 0.3) is 0 Å². The van der Waals surface area contributed by atoms with Crippen molar-refractivity contribution < 1.29 is 4.42 Å². The molecule has 0 amide bonds. The van der Waals surface area contributed by atoms with Crippen molar-refractivity contribution >= 4 is 0 Å². The Balaban J connectivity index is 1.50. The van der Waals surface area contributed by atoms with E-state index < -0.39 is 0 Å².